The Morgan fingerprint density at radius 1 is 1.32 bits per heavy atom. The molecule has 110 valence electrons. The molecule has 1 heterocycles. The second kappa shape index (κ2) is 6.23. The molecule has 2 fully saturated rings. The molecule has 0 radical (unpaired) electrons. The van der Waals surface area contributed by atoms with Crippen molar-refractivity contribution in [3.8, 4) is 0 Å². The molecule has 2 atom stereocenters. The van der Waals surface area contributed by atoms with Crippen molar-refractivity contribution < 1.29 is 15.0 Å². The van der Waals surface area contributed by atoms with E-state index in [-0.39, 0.29) is 6.10 Å². The minimum atomic E-state index is -0.783. The van der Waals surface area contributed by atoms with Gasteiger partial charge < -0.3 is 10.2 Å². The van der Waals surface area contributed by atoms with Gasteiger partial charge in [-0.25, -0.2) is 0 Å². The molecule has 0 spiro atoms. The van der Waals surface area contributed by atoms with Crippen molar-refractivity contribution in [1.29, 1.82) is 0 Å². The summed E-state index contributed by atoms with van der Waals surface area (Å²) in [6.45, 7) is 3.11. The lowest BCUT2D eigenvalue weighted by molar-refractivity contribution is -0.154. The van der Waals surface area contributed by atoms with E-state index in [1.165, 1.54) is 25.7 Å². The highest BCUT2D eigenvalue weighted by Gasteiger charge is 2.41. The molecular formula is C15H27NO3. The molecule has 1 aliphatic carbocycles. The van der Waals surface area contributed by atoms with Gasteiger partial charge in [-0.15, -0.1) is 0 Å². The Morgan fingerprint density at radius 3 is 2.63 bits per heavy atom. The van der Waals surface area contributed by atoms with Crippen LogP contribution in [0.25, 0.3) is 0 Å². The summed E-state index contributed by atoms with van der Waals surface area (Å²) < 4.78 is 0. The first-order chi connectivity index (χ1) is 9.02. The van der Waals surface area contributed by atoms with E-state index in [4.69, 9.17) is 0 Å². The normalized spacial score (nSPS) is 31.5. The second-order valence-corrected chi connectivity index (χ2v) is 6.52. The van der Waals surface area contributed by atoms with Gasteiger partial charge in [0.15, 0.2) is 0 Å². The number of rotatable bonds is 5. The van der Waals surface area contributed by atoms with Gasteiger partial charge in [-0.3, -0.25) is 9.69 Å². The molecule has 1 aliphatic heterocycles. The SMILES string of the molecule is CC1(C(=O)O)CCCCN1CC(O)CC1CCCC1. The Kier molecular flexibility index (Phi) is 4.85. The molecule has 2 unspecified atom stereocenters. The van der Waals surface area contributed by atoms with E-state index >= 15 is 0 Å². The predicted octanol–water partition coefficient (Wildman–Crippen LogP) is 2.26. The number of nitrogens with zero attached hydrogens (tertiary/aromatic N) is 1. The summed E-state index contributed by atoms with van der Waals surface area (Å²) in [7, 11) is 0. The number of hydrogen-bond donors (Lipinski definition) is 2. The van der Waals surface area contributed by atoms with Crippen molar-refractivity contribution in [2.75, 3.05) is 13.1 Å². The second-order valence-electron chi connectivity index (χ2n) is 6.52. The van der Waals surface area contributed by atoms with Crippen LogP contribution in [0.15, 0.2) is 0 Å². The van der Waals surface area contributed by atoms with E-state index in [0.29, 0.717) is 18.9 Å². The molecule has 0 amide bonds. The molecule has 2 rings (SSSR count). The van der Waals surface area contributed by atoms with Crippen LogP contribution in [0, 0.1) is 5.92 Å². The monoisotopic (exact) mass is 269 g/mol. The molecular weight excluding hydrogens is 242 g/mol. The van der Waals surface area contributed by atoms with Gasteiger partial charge in [-0.2, -0.15) is 0 Å². The van der Waals surface area contributed by atoms with Crippen LogP contribution in [0.4, 0.5) is 0 Å². The summed E-state index contributed by atoms with van der Waals surface area (Å²) in [5.41, 5.74) is -0.783. The van der Waals surface area contributed by atoms with Crippen molar-refractivity contribution >= 4 is 5.97 Å². The third-order valence-corrected chi connectivity index (χ3v) is 5.01. The fraction of sp³-hybridized carbons (Fsp3) is 0.933. The Labute approximate surface area is 115 Å². The highest BCUT2D eigenvalue weighted by Crippen LogP contribution is 2.31. The van der Waals surface area contributed by atoms with Crippen LogP contribution in [0.1, 0.15) is 58.3 Å². The molecule has 0 aromatic rings. The number of β-amino-alcohol motifs (C(OH)–C–C–N with tert-alkyl or cyclic N) is 1. The number of carboxylic acid groups (broad SMARTS) is 1. The first-order valence-corrected chi connectivity index (χ1v) is 7.69. The highest BCUT2D eigenvalue weighted by atomic mass is 16.4. The first-order valence-electron chi connectivity index (χ1n) is 7.69. The lowest BCUT2D eigenvalue weighted by atomic mass is 9.87. The zero-order valence-corrected chi connectivity index (χ0v) is 12.0. The molecule has 0 bridgehead atoms. The topological polar surface area (TPSA) is 60.8 Å². The van der Waals surface area contributed by atoms with Gasteiger partial charge in [-0.1, -0.05) is 25.7 Å². The van der Waals surface area contributed by atoms with E-state index in [1.807, 2.05) is 4.90 Å². The third kappa shape index (κ3) is 3.48. The van der Waals surface area contributed by atoms with Crippen LogP contribution in [-0.4, -0.2) is 45.8 Å². The van der Waals surface area contributed by atoms with Gasteiger partial charge in [-0.05, 0) is 45.1 Å². The molecule has 1 saturated heterocycles. The van der Waals surface area contributed by atoms with E-state index in [0.717, 1.165) is 25.8 Å². The summed E-state index contributed by atoms with van der Waals surface area (Å²) >= 11 is 0. The number of carboxylic acids is 1. The summed E-state index contributed by atoms with van der Waals surface area (Å²) in [6.07, 6.45) is 8.20. The van der Waals surface area contributed by atoms with Crippen molar-refractivity contribution in [3.63, 3.8) is 0 Å². The van der Waals surface area contributed by atoms with Gasteiger partial charge in [0.1, 0.15) is 5.54 Å². The summed E-state index contributed by atoms with van der Waals surface area (Å²) in [6, 6.07) is 0. The highest BCUT2D eigenvalue weighted by molar-refractivity contribution is 5.78. The van der Waals surface area contributed by atoms with Gasteiger partial charge >= 0.3 is 5.97 Å². The fourth-order valence-electron chi connectivity index (χ4n) is 3.67. The third-order valence-electron chi connectivity index (χ3n) is 5.01. The predicted molar refractivity (Wildman–Crippen MR) is 74.0 cm³/mol. The van der Waals surface area contributed by atoms with E-state index < -0.39 is 11.5 Å². The summed E-state index contributed by atoms with van der Waals surface area (Å²) in [5, 5.41) is 19.7. The molecule has 0 aromatic carbocycles. The van der Waals surface area contributed by atoms with Crippen LogP contribution in [-0.2, 0) is 4.79 Å². The lowest BCUT2D eigenvalue weighted by Gasteiger charge is -2.42. The number of hydrogen-bond acceptors (Lipinski definition) is 3. The fourth-order valence-corrected chi connectivity index (χ4v) is 3.67. The zero-order chi connectivity index (χ0) is 13.9. The molecule has 19 heavy (non-hydrogen) atoms. The van der Waals surface area contributed by atoms with Crippen molar-refractivity contribution in [2.45, 2.75) is 69.9 Å². The minimum Gasteiger partial charge on any atom is -0.480 e. The van der Waals surface area contributed by atoms with Gasteiger partial charge in [0.25, 0.3) is 0 Å². The maximum Gasteiger partial charge on any atom is 0.323 e. The summed E-state index contributed by atoms with van der Waals surface area (Å²) in [5.74, 6) is -0.101. The maximum absolute atomic E-state index is 11.5. The average Bonchev–Trinajstić information content (AvgIpc) is 2.84. The van der Waals surface area contributed by atoms with Crippen LogP contribution >= 0.6 is 0 Å². The Hall–Kier alpha value is -0.610. The Balaban J connectivity index is 1.89. The van der Waals surface area contributed by atoms with Crippen molar-refractivity contribution in [2.24, 2.45) is 5.92 Å². The maximum atomic E-state index is 11.5. The number of carbonyl (C=O) groups is 1. The summed E-state index contributed by atoms with van der Waals surface area (Å²) in [4.78, 5) is 13.5. The Morgan fingerprint density at radius 2 is 2.00 bits per heavy atom. The van der Waals surface area contributed by atoms with E-state index in [2.05, 4.69) is 0 Å². The first kappa shape index (κ1) is 14.8. The van der Waals surface area contributed by atoms with E-state index in [9.17, 15) is 15.0 Å². The average molecular weight is 269 g/mol. The van der Waals surface area contributed by atoms with Crippen LogP contribution < -0.4 is 0 Å². The van der Waals surface area contributed by atoms with Crippen molar-refractivity contribution in [3.05, 3.63) is 0 Å². The smallest absolute Gasteiger partial charge is 0.323 e. The number of likely N-dealkylation sites (tertiary alicyclic amines) is 1. The van der Waals surface area contributed by atoms with Crippen LogP contribution in [0.2, 0.25) is 0 Å². The molecule has 2 aliphatic rings. The number of aliphatic hydroxyl groups is 1. The zero-order valence-electron chi connectivity index (χ0n) is 12.0. The Bertz CT molecular complexity index is 315. The van der Waals surface area contributed by atoms with Gasteiger partial charge in [0.05, 0.1) is 6.10 Å². The number of piperidine rings is 1. The molecule has 1 saturated carbocycles. The van der Waals surface area contributed by atoms with Crippen molar-refractivity contribution in [1.82, 2.24) is 4.90 Å². The minimum absolute atomic E-state index is 0.375. The van der Waals surface area contributed by atoms with E-state index in [1.54, 1.807) is 6.92 Å². The molecule has 4 heteroatoms. The van der Waals surface area contributed by atoms with Crippen LogP contribution in [0.5, 0.6) is 0 Å². The van der Waals surface area contributed by atoms with Gasteiger partial charge in [0.2, 0.25) is 0 Å². The molecule has 0 aromatic heterocycles. The number of aliphatic carboxylic acids is 1. The molecule has 4 nitrogen and oxygen atoms in total. The van der Waals surface area contributed by atoms with Gasteiger partial charge in [0, 0.05) is 6.54 Å². The lowest BCUT2D eigenvalue weighted by Crippen LogP contribution is -2.57. The number of aliphatic hydroxyl groups excluding tert-OH is 1. The molecule has 2 N–H and O–H groups in total. The quantitative estimate of drug-likeness (QED) is 0.803. The standard InChI is InChI=1S/C15H27NO3/c1-15(14(18)19)8-4-5-9-16(15)11-13(17)10-12-6-2-3-7-12/h12-13,17H,2-11H2,1H3,(H,18,19). The van der Waals surface area contributed by atoms with Crippen LogP contribution in [0.3, 0.4) is 0 Å². The largest absolute Gasteiger partial charge is 0.480 e.